The molecule has 0 atom stereocenters. The normalized spacial score (nSPS) is 10.8. The molecular weight excluding hydrogens is 424 g/mol. The Balaban J connectivity index is 1.54. The topological polar surface area (TPSA) is 56.2 Å². The lowest BCUT2D eigenvalue weighted by molar-refractivity contribution is -0.121. The second-order valence-electron chi connectivity index (χ2n) is 7.52. The first-order valence-electron chi connectivity index (χ1n) is 10.5. The monoisotopic (exact) mass is 447 g/mol. The number of ether oxygens (including phenoxy) is 1. The maximum absolute atomic E-state index is 13.9. The minimum Gasteiger partial charge on any atom is -0.494 e. The van der Waals surface area contributed by atoms with Crippen molar-refractivity contribution in [1.82, 2.24) is 15.1 Å². The first-order chi connectivity index (χ1) is 16.0. The first-order valence-corrected chi connectivity index (χ1v) is 10.5. The fraction of sp³-hybridized carbons (Fsp3) is 0.154. The van der Waals surface area contributed by atoms with Gasteiger partial charge in [-0.3, -0.25) is 4.79 Å². The van der Waals surface area contributed by atoms with Crippen molar-refractivity contribution in [2.75, 3.05) is 7.11 Å². The maximum Gasteiger partial charge on any atom is 0.220 e. The summed E-state index contributed by atoms with van der Waals surface area (Å²) in [7, 11) is 1.58. The molecule has 4 rings (SSSR count). The Kier molecular flexibility index (Phi) is 6.78. The predicted octanol–water partition coefficient (Wildman–Crippen LogP) is 5.08. The van der Waals surface area contributed by atoms with E-state index in [-0.39, 0.29) is 30.5 Å². The molecule has 1 aromatic heterocycles. The molecule has 1 N–H and O–H groups in total. The lowest BCUT2D eigenvalue weighted by atomic mass is 10.1. The van der Waals surface area contributed by atoms with Crippen LogP contribution in [0.5, 0.6) is 5.75 Å². The van der Waals surface area contributed by atoms with Gasteiger partial charge >= 0.3 is 0 Å². The smallest absolute Gasteiger partial charge is 0.220 e. The van der Waals surface area contributed by atoms with Gasteiger partial charge in [-0.1, -0.05) is 36.4 Å². The fourth-order valence-electron chi connectivity index (χ4n) is 3.57. The summed E-state index contributed by atoms with van der Waals surface area (Å²) in [5, 5.41) is 7.48. The number of aromatic nitrogens is 2. The minimum absolute atomic E-state index is 0.168. The third-order valence-corrected chi connectivity index (χ3v) is 5.18. The van der Waals surface area contributed by atoms with Crippen LogP contribution < -0.4 is 10.1 Å². The molecule has 168 valence electrons. The summed E-state index contributed by atoms with van der Waals surface area (Å²) >= 11 is 0. The van der Waals surface area contributed by atoms with Crippen molar-refractivity contribution in [1.29, 1.82) is 0 Å². The third-order valence-electron chi connectivity index (χ3n) is 5.18. The number of hydrogen-bond donors (Lipinski definition) is 1. The Morgan fingerprint density at radius 2 is 1.73 bits per heavy atom. The quantitative estimate of drug-likeness (QED) is 0.410. The summed E-state index contributed by atoms with van der Waals surface area (Å²) in [4.78, 5) is 12.3. The third kappa shape index (κ3) is 5.44. The number of methoxy groups -OCH3 is 1. The van der Waals surface area contributed by atoms with Gasteiger partial charge in [0, 0.05) is 24.9 Å². The molecule has 0 bridgehead atoms. The number of rotatable bonds is 8. The molecule has 33 heavy (non-hydrogen) atoms. The summed E-state index contributed by atoms with van der Waals surface area (Å²) in [6.07, 6.45) is 0.598. The van der Waals surface area contributed by atoms with Gasteiger partial charge in [0.2, 0.25) is 5.91 Å². The van der Waals surface area contributed by atoms with Gasteiger partial charge in [0.25, 0.3) is 0 Å². The summed E-state index contributed by atoms with van der Waals surface area (Å²) in [5.74, 6) is -0.233. The second-order valence-corrected chi connectivity index (χ2v) is 7.52. The molecule has 0 radical (unpaired) electrons. The minimum atomic E-state index is -0.349. The van der Waals surface area contributed by atoms with Crippen molar-refractivity contribution < 1.29 is 18.3 Å². The number of nitrogens with zero attached hydrogens (tertiary/aromatic N) is 2. The van der Waals surface area contributed by atoms with E-state index in [4.69, 9.17) is 4.74 Å². The molecule has 4 aromatic rings. The van der Waals surface area contributed by atoms with Gasteiger partial charge in [0.1, 0.15) is 23.1 Å². The van der Waals surface area contributed by atoms with Crippen molar-refractivity contribution in [3.63, 3.8) is 0 Å². The SMILES string of the molecule is COc1ccccc1-n1nc(CCC(=O)NCc2cccc(F)c2)cc1-c1cccc(F)c1. The highest BCUT2D eigenvalue weighted by Gasteiger charge is 2.16. The van der Waals surface area contributed by atoms with Crippen molar-refractivity contribution >= 4 is 5.91 Å². The zero-order valence-corrected chi connectivity index (χ0v) is 18.1. The van der Waals surface area contributed by atoms with E-state index in [0.29, 0.717) is 40.4 Å². The van der Waals surface area contributed by atoms with Gasteiger partial charge < -0.3 is 10.1 Å². The van der Waals surface area contributed by atoms with Crippen LogP contribution in [0.1, 0.15) is 17.7 Å². The summed E-state index contributed by atoms with van der Waals surface area (Å²) in [5.41, 5.74) is 3.43. The molecule has 0 saturated carbocycles. The number of carbonyl (C=O) groups is 1. The van der Waals surface area contributed by atoms with E-state index in [9.17, 15) is 13.6 Å². The van der Waals surface area contributed by atoms with Crippen LogP contribution in [0.2, 0.25) is 0 Å². The van der Waals surface area contributed by atoms with Gasteiger partial charge in [-0.05, 0) is 48.0 Å². The Bertz CT molecular complexity index is 1270. The number of nitrogens with one attached hydrogen (secondary N) is 1. The van der Waals surface area contributed by atoms with Crippen LogP contribution in [-0.4, -0.2) is 22.8 Å². The van der Waals surface area contributed by atoms with Crippen LogP contribution in [0.4, 0.5) is 8.78 Å². The van der Waals surface area contributed by atoms with Gasteiger partial charge in [-0.2, -0.15) is 5.10 Å². The van der Waals surface area contributed by atoms with Crippen molar-refractivity contribution in [2.45, 2.75) is 19.4 Å². The molecule has 0 aliphatic rings. The average molecular weight is 447 g/mol. The second kappa shape index (κ2) is 10.1. The largest absolute Gasteiger partial charge is 0.494 e. The number of aryl methyl sites for hydroxylation is 1. The van der Waals surface area contributed by atoms with Crippen LogP contribution in [0, 0.1) is 11.6 Å². The van der Waals surface area contributed by atoms with Crippen molar-refractivity contribution in [2.24, 2.45) is 0 Å². The molecule has 1 amide bonds. The standard InChI is InChI=1S/C26H23F2N3O2/c1-33-25-11-3-2-10-23(25)31-24(19-7-5-9-21(28)15-19)16-22(30-31)12-13-26(32)29-17-18-6-4-8-20(27)14-18/h2-11,14-16H,12-13,17H2,1H3,(H,29,32). The number of benzene rings is 3. The predicted molar refractivity (Wildman–Crippen MR) is 122 cm³/mol. The molecule has 1 heterocycles. The Labute approximate surface area is 190 Å². The average Bonchev–Trinajstić information content (AvgIpc) is 3.25. The highest BCUT2D eigenvalue weighted by atomic mass is 19.1. The number of carbonyl (C=O) groups excluding carboxylic acids is 1. The van der Waals surface area contributed by atoms with Gasteiger partial charge in [0.05, 0.1) is 18.5 Å². The first kappa shape index (κ1) is 22.2. The molecule has 5 nitrogen and oxygen atoms in total. The van der Waals surface area contributed by atoms with E-state index in [1.165, 1.54) is 24.3 Å². The summed E-state index contributed by atoms with van der Waals surface area (Å²) < 4.78 is 34.4. The van der Waals surface area contributed by atoms with E-state index >= 15 is 0 Å². The van der Waals surface area contributed by atoms with E-state index in [2.05, 4.69) is 10.4 Å². The molecular formula is C26H23F2N3O2. The van der Waals surface area contributed by atoms with Crippen LogP contribution in [-0.2, 0) is 17.8 Å². The fourth-order valence-corrected chi connectivity index (χ4v) is 3.57. The molecule has 0 saturated heterocycles. The van der Waals surface area contributed by atoms with E-state index in [1.807, 2.05) is 36.4 Å². The number of amides is 1. The van der Waals surface area contributed by atoms with Crippen LogP contribution >= 0.6 is 0 Å². The van der Waals surface area contributed by atoms with Gasteiger partial charge in [-0.25, -0.2) is 13.5 Å². The number of hydrogen-bond acceptors (Lipinski definition) is 3. The Morgan fingerprint density at radius 1 is 0.970 bits per heavy atom. The summed E-state index contributed by atoms with van der Waals surface area (Å²) in [6.45, 7) is 0.251. The Morgan fingerprint density at radius 3 is 2.48 bits per heavy atom. The zero-order valence-electron chi connectivity index (χ0n) is 18.1. The van der Waals surface area contributed by atoms with Crippen LogP contribution in [0.15, 0.2) is 78.9 Å². The highest BCUT2D eigenvalue weighted by molar-refractivity contribution is 5.76. The molecule has 0 spiro atoms. The van der Waals surface area contributed by atoms with Crippen molar-refractivity contribution in [3.05, 3.63) is 102 Å². The highest BCUT2D eigenvalue weighted by Crippen LogP contribution is 2.29. The van der Waals surface area contributed by atoms with Crippen LogP contribution in [0.25, 0.3) is 16.9 Å². The number of halogens is 2. The van der Waals surface area contributed by atoms with E-state index < -0.39 is 0 Å². The lowest BCUT2D eigenvalue weighted by Crippen LogP contribution is -2.23. The molecule has 0 fully saturated rings. The molecule has 7 heteroatoms. The van der Waals surface area contributed by atoms with Crippen molar-refractivity contribution in [3.8, 4) is 22.7 Å². The van der Waals surface area contributed by atoms with Gasteiger partial charge in [0.15, 0.2) is 0 Å². The summed E-state index contributed by atoms with van der Waals surface area (Å²) in [6, 6.07) is 21.7. The Hall–Kier alpha value is -4.00. The molecule has 0 aliphatic heterocycles. The van der Waals surface area contributed by atoms with Gasteiger partial charge in [-0.15, -0.1) is 0 Å². The molecule has 0 aliphatic carbocycles. The maximum atomic E-state index is 13.9. The molecule has 3 aromatic carbocycles. The van der Waals surface area contributed by atoms with Crippen LogP contribution in [0.3, 0.4) is 0 Å². The van der Waals surface area contributed by atoms with E-state index in [1.54, 1.807) is 30.0 Å². The van der Waals surface area contributed by atoms with E-state index in [0.717, 1.165) is 0 Å². The molecule has 0 unspecified atom stereocenters. The number of para-hydroxylation sites is 2. The lowest BCUT2D eigenvalue weighted by Gasteiger charge is -2.11. The zero-order chi connectivity index (χ0) is 23.2.